The van der Waals surface area contributed by atoms with E-state index in [9.17, 15) is 14.4 Å². The molecule has 0 radical (unpaired) electrons. The number of carbonyl (C=O) groups is 3. The summed E-state index contributed by atoms with van der Waals surface area (Å²) in [5.74, 6) is -0.854. The van der Waals surface area contributed by atoms with E-state index in [0.717, 1.165) is 11.1 Å². The van der Waals surface area contributed by atoms with Crippen LogP contribution in [-0.2, 0) is 14.4 Å². The van der Waals surface area contributed by atoms with E-state index in [2.05, 4.69) is 16.2 Å². The average Bonchev–Trinajstić information content (AvgIpc) is 2.83. The summed E-state index contributed by atoms with van der Waals surface area (Å²) in [6, 6.07) is 24.1. The van der Waals surface area contributed by atoms with Gasteiger partial charge >= 0.3 is 0 Å². The summed E-state index contributed by atoms with van der Waals surface area (Å²) in [4.78, 5) is 36.1. The van der Waals surface area contributed by atoms with Gasteiger partial charge in [0.2, 0.25) is 11.8 Å². The molecule has 0 aliphatic rings. The number of rotatable bonds is 8. The molecular weight excluding hydrogens is 442 g/mol. The predicted octanol–water partition coefficient (Wildman–Crippen LogP) is 4.34. The minimum absolute atomic E-state index is 0.0628. The normalized spacial score (nSPS) is 11.2. The van der Waals surface area contributed by atoms with Gasteiger partial charge in [-0.3, -0.25) is 25.2 Å². The number of amides is 3. The molecule has 0 spiro atoms. The second kappa shape index (κ2) is 11.7. The van der Waals surface area contributed by atoms with Crippen LogP contribution in [0.25, 0.3) is 11.1 Å². The fourth-order valence-corrected chi connectivity index (χ4v) is 3.09. The van der Waals surface area contributed by atoms with E-state index in [1.54, 1.807) is 43.3 Å². The van der Waals surface area contributed by atoms with E-state index in [0.29, 0.717) is 16.5 Å². The fourth-order valence-electron chi connectivity index (χ4n) is 2.91. The first kappa shape index (κ1) is 23.8. The Morgan fingerprint density at radius 3 is 2.09 bits per heavy atom. The first-order valence-electron chi connectivity index (χ1n) is 10.4. The lowest BCUT2D eigenvalue weighted by Crippen LogP contribution is -2.47. The zero-order valence-corrected chi connectivity index (χ0v) is 18.8. The SMILES string of the molecule is CC(Oc1ccc(-c2ccccc2)cc1)C(=O)NNC(=O)CCC(=O)Nc1ccccc1Cl. The Hall–Kier alpha value is -3.84. The largest absolute Gasteiger partial charge is 0.481 e. The van der Waals surface area contributed by atoms with E-state index >= 15 is 0 Å². The van der Waals surface area contributed by atoms with Crippen LogP contribution in [0.15, 0.2) is 78.9 Å². The molecule has 33 heavy (non-hydrogen) atoms. The fraction of sp³-hybridized carbons (Fsp3) is 0.160. The van der Waals surface area contributed by atoms with Crippen molar-refractivity contribution in [3.63, 3.8) is 0 Å². The van der Waals surface area contributed by atoms with E-state index in [4.69, 9.17) is 16.3 Å². The number of hydrogen-bond donors (Lipinski definition) is 3. The van der Waals surface area contributed by atoms with E-state index < -0.39 is 17.9 Å². The highest BCUT2D eigenvalue weighted by Crippen LogP contribution is 2.23. The molecule has 7 nitrogen and oxygen atoms in total. The van der Waals surface area contributed by atoms with Crippen molar-refractivity contribution >= 4 is 35.0 Å². The van der Waals surface area contributed by atoms with Gasteiger partial charge in [0.1, 0.15) is 5.75 Å². The molecule has 0 heterocycles. The van der Waals surface area contributed by atoms with Crippen LogP contribution >= 0.6 is 11.6 Å². The Labute approximate surface area is 197 Å². The monoisotopic (exact) mass is 465 g/mol. The highest BCUT2D eigenvalue weighted by atomic mass is 35.5. The van der Waals surface area contributed by atoms with Crippen molar-refractivity contribution in [3.8, 4) is 16.9 Å². The summed E-state index contributed by atoms with van der Waals surface area (Å²) >= 11 is 5.99. The maximum atomic E-state index is 12.2. The number of nitrogens with one attached hydrogen (secondary N) is 3. The Balaban J connectivity index is 1.39. The van der Waals surface area contributed by atoms with Crippen molar-refractivity contribution in [2.75, 3.05) is 5.32 Å². The van der Waals surface area contributed by atoms with Crippen LogP contribution in [0, 0.1) is 0 Å². The van der Waals surface area contributed by atoms with Crippen LogP contribution in [-0.4, -0.2) is 23.8 Å². The summed E-state index contributed by atoms with van der Waals surface area (Å²) in [5, 5.41) is 3.04. The lowest BCUT2D eigenvalue weighted by atomic mass is 10.1. The molecule has 1 atom stereocenters. The standard InChI is InChI=1S/C25H24ClN3O4/c1-17(33-20-13-11-19(12-14-20)18-7-3-2-4-8-18)25(32)29-28-24(31)16-15-23(30)27-22-10-6-5-9-21(22)26/h2-14,17H,15-16H2,1H3,(H,27,30)(H,28,31)(H,29,32). The third-order valence-electron chi connectivity index (χ3n) is 4.70. The predicted molar refractivity (Wildman–Crippen MR) is 128 cm³/mol. The molecule has 170 valence electrons. The van der Waals surface area contributed by atoms with Gasteiger partial charge in [-0.2, -0.15) is 0 Å². The summed E-state index contributed by atoms with van der Waals surface area (Å²) < 4.78 is 5.64. The number of anilines is 1. The molecule has 3 aromatic carbocycles. The van der Waals surface area contributed by atoms with Crippen molar-refractivity contribution < 1.29 is 19.1 Å². The van der Waals surface area contributed by atoms with Gasteiger partial charge in [-0.05, 0) is 42.3 Å². The van der Waals surface area contributed by atoms with E-state index in [1.165, 1.54) is 0 Å². The smallest absolute Gasteiger partial charge is 0.279 e. The van der Waals surface area contributed by atoms with Gasteiger partial charge in [-0.1, -0.05) is 66.2 Å². The molecule has 0 bridgehead atoms. The van der Waals surface area contributed by atoms with Crippen molar-refractivity contribution in [1.82, 2.24) is 10.9 Å². The first-order chi connectivity index (χ1) is 15.9. The summed E-state index contributed by atoms with van der Waals surface area (Å²) in [6.45, 7) is 1.57. The van der Waals surface area contributed by atoms with E-state index in [1.807, 2.05) is 42.5 Å². The van der Waals surface area contributed by atoms with Gasteiger partial charge in [0.15, 0.2) is 6.10 Å². The third-order valence-corrected chi connectivity index (χ3v) is 5.03. The Kier molecular flexibility index (Phi) is 8.43. The Morgan fingerprint density at radius 2 is 1.39 bits per heavy atom. The van der Waals surface area contributed by atoms with Crippen molar-refractivity contribution in [1.29, 1.82) is 0 Å². The van der Waals surface area contributed by atoms with Crippen molar-refractivity contribution in [2.45, 2.75) is 25.9 Å². The van der Waals surface area contributed by atoms with Gasteiger partial charge in [-0.25, -0.2) is 0 Å². The number of para-hydroxylation sites is 1. The van der Waals surface area contributed by atoms with Crippen LogP contribution < -0.4 is 20.9 Å². The van der Waals surface area contributed by atoms with Gasteiger partial charge in [-0.15, -0.1) is 0 Å². The number of hydrogen-bond acceptors (Lipinski definition) is 4. The van der Waals surface area contributed by atoms with Crippen LogP contribution in [0.2, 0.25) is 5.02 Å². The first-order valence-corrected chi connectivity index (χ1v) is 10.8. The molecule has 3 amide bonds. The van der Waals surface area contributed by atoms with Crippen molar-refractivity contribution in [3.05, 3.63) is 83.9 Å². The zero-order valence-electron chi connectivity index (χ0n) is 18.0. The third kappa shape index (κ3) is 7.36. The second-order valence-corrected chi connectivity index (χ2v) is 7.62. The minimum Gasteiger partial charge on any atom is -0.481 e. The molecule has 0 saturated carbocycles. The number of carbonyl (C=O) groups excluding carboxylic acids is 3. The van der Waals surface area contributed by atoms with Crippen LogP contribution in [0.1, 0.15) is 19.8 Å². The Morgan fingerprint density at radius 1 is 0.788 bits per heavy atom. The maximum Gasteiger partial charge on any atom is 0.279 e. The molecule has 0 aromatic heterocycles. The lowest BCUT2D eigenvalue weighted by molar-refractivity contribution is -0.133. The highest BCUT2D eigenvalue weighted by molar-refractivity contribution is 6.33. The molecule has 1 unspecified atom stereocenters. The molecule has 3 N–H and O–H groups in total. The summed E-state index contributed by atoms with van der Waals surface area (Å²) in [6.07, 6.45) is -1.00. The molecule has 0 aliphatic heterocycles. The van der Waals surface area contributed by atoms with Gasteiger partial charge in [0.25, 0.3) is 5.91 Å². The van der Waals surface area contributed by atoms with Crippen molar-refractivity contribution in [2.24, 2.45) is 0 Å². The molecule has 0 saturated heterocycles. The summed E-state index contributed by atoms with van der Waals surface area (Å²) in [7, 11) is 0. The second-order valence-electron chi connectivity index (χ2n) is 7.22. The zero-order chi connectivity index (χ0) is 23.6. The number of benzene rings is 3. The molecule has 3 aromatic rings. The molecule has 0 fully saturated rings. The number of ether oxygens (including phenoxy) is 1. The minimum atomic E-state index is -0.837. The number of halogens is 1. The topological polar surface area (TPSA) is 96.5 Å². The lowest BCUT2D eigenvalue weighted by Gasteiger charge is -2.15. The Bertz CT molecular complexity index is 1100. The van der Waals surface area contributed by atoms with Gasteiger partial charge < -0.3 is 10.1 Å². The average molecular weight is 466 g/mol. The molecule has 3 rings (SSSR count). The quantitative estimate of drug-likeness (QED) is 0.431. The highest BCUT2D eigenvalue weighted by Gasteiger charge is 2.16. The van der Waals surface area contributed by atoms with Crippen LogP contribution in [0.5, 0.6) is 5.75 Å². The molecule has 8 heteroatoms. The number of hydrazine groups is 1. The summed E-state index contributed by atoms with van der Waals surface area (Å²) in [5.41, 5.74) is 7.18. The van der Waals surface area contributed by atoms with E-state index in [-0.39, 0.29) is 18.7 Å². The van der Waals surface area contributed by atoms with Gasteiger partial charge in [0, 0.05) is 12.8 Å². The molecule has 0 aliphatic carbocycles. The maximum absolute atomic E-state index is 12.2. The van der Waals surface area contributed by atoms with Crippen LogP contribution in [0.4, 0.5) is 5.69 Å². The molecular formula is C25H24ClN3O4. The van der Waals surface area contributed by atoms with Gasteiger partial charge in [0.05, 0.1) is 10.7 Å². The van der Waals surface area contributed by atoms with Crippen LogP contribution in [0.3, 0.4) is 0 Å².